The SMILES string of the molecule is C=CC(=O)O.C=CC(=O)O.C=CC(=O)O.CCC(C)C(CC)(CC)CC.CCO. The van der Waals surface area contributed by atoms with Crippen LogP contribution in [0, 0.1) is 11.3 Å². The maximum Gasteiger partial charge on any atom is 0.327 e. The minimum Gasteiger partial charge on any atom is -0.478 e. The zero-order chi connectivity index (χ0) is 24.5. The van der Waals surface area contributed by atoms with E-state index in [1.807, 2.05) is 0 Å². The van der Waals surface area contributed by atoms with Gasteiger partial charge in [0.2, 0.25) is 0 Å². The Bertz CT molecular complexity index is 387. The molecule has 0 radical (unpaired) electrons. The first-order valence-corrected chi connectivity index (χ1v) is 9.56. The van der Waals surface area contributed by atoms with Crippen LogP contribution >= 0.6 is 0 Å². The Hall–Kier alpha value is -2.41. The zero-order valence-corrected chi connectivity index (χ0v) is 19.0. The molecule has 1 unspecified atom stereocenters. The predicted octanol–water partition coefficient (Wildman–Crippen LogP) is 5.02. The summed E-state index contributed by atoms with van der Waals surface area (Å²) >= 11 is 0. The van der Waals surface area contributed by atoms with E-state index >= 15 is 0 Å². The number of aliphatic carboxylic acids is 3. The highest BCUT2D eigenvalue weighted by Crippen LogP contribution is 2.39. The van der Waals surface area contributed by atoms with Gasteiger partial charge in [-0.3, -0.25) is 0 Å². The molecule has 172 valence electrons. The van der Waals surface area contributed by atoms with E-state index in [-0.39, 0.29) is 6.61 Å². The molecule has 0 saturated heterocycles. The van der Waals surface area contributed by atoms with Gasteiger partial charge >= 0.3 is 17.9 Å². The number of rotatable bonds is 8. The summed E-state index contributed by atoms with van der Waals surface area (Å²) < 4.78 is 0. The normalized spacial score (nSPS) is 9.62. The lowest BCUT2D eigenvalue weighted by atomic mass is 9.69. The van der Waals surface area contributed by atoms with Crippen molar-refractivity contribution in [3.63, 3.8) is 0 Å². The van der Waals surface area contributed by atoms with Crippen LogP contribution in [0.25, 0.3) is 0 Å². The van der Waals surface area contributed by atoms with Gasteiger partial charge in [-0.15, -0.1) is 0 Å². The van der Waals surface area contributed by atoms with Crippen LogP contribution in [-0.2, 0) is 14.4 Å². The van der Waals surface area contributed by atoms with Gasteiger partial charge in [-0.05, 0) is 18.3 Å². The Morgan fingerprint density at radius 1 is 0.759 bits per heavy atom. The topological polar surface area (TPSA) is 132 Å². The molecule has 7 nitrogen and oxygen atoms in total. The Morgan fingerprint density at radius 3 is 0.966 bits per heavy atom. The average Bonchev–Trinajstić information content (AvgIpc) is 2.71. The van der Waals surface area contributed by atoms with Crippen LogP contribution in [0.5, 0.6) is 0 Å². The summed E-state index contributed by atoms with van der Waals surface area (Å²) in [7, 11) is 0. The molecule has 7 heteroatoms. The lowest BCUT2D eigenvalue weighted by Crippen LogP contribution is -2.26. The van der Waals surface area contributed by atoms with E-state index in [0.717, 1.165) is 24.1 Å². The average molecular weight is 419 g/mol. The van der Waals surface area contributed by atoms with Gasteiger partial charge in [0.1, 0.15) is 0 Å². The Balaban J connectivity index is -0.0000000906. The number of aliphatic hydroxyl groups is 1. The highest BCUT2D eigenvalue weighted by Gasteiger charge is 2.29. The quantitative estimate of drug-likeness (QED) is 0.407. The molecule has 0 spiro atoms. The third-order valence-corrected chi connectivity index (χ3v) is 4.29. The fourth-order valence-electron chi connectivity index (χ4n) is 2.23. The van der Waals surface area contributed by atoms with Gasteiger partial charge < -0.3 is 20.4 Å². The molecule has 0 aromatic carbocycles. The molecule has 0 aliphatic carbocycles. The molecule has 0 bridgehead atoms. The molecular weight excluding hydrogens is 376 g/mol. The standard InChI is InChI=1S/C11H24.3C3H4O2.C2H6O/c1-6-10(5)11(7-2,8-3)9-4;3*1-2-3(4)5;1-2-3/h10H,6-9H2,1-5H3;3*2H,1H2,(H,4,5);3H,2H2,1H3. The molecule has 29 heavy (non-hydrogen) atoms. The molecule has 0 aliphatic heterocycles. The van der Waals surface area contributed by atoms with Gasteiger partial charge in [-0.1, -0.05) is 80.0 Å². The molecule has 0 aromatic rings. The first-order valence-electron chi connectivity index (χ1n) is 9.56. The Labute approximate surface area is 176 Å². The van der Waals surface area contributed by atoms with Gasteiger partial charge in [0.05, 0.1) is 0 Å². The number of carboxylic acid groups (broad SMARTS) is 3. The lowest BCUT2D eigenvalue weighted by molar-refractivity contribution is -0.132. The van der Waals surface area contributed by atoms with Crippen LogP contribution < -0.4 is 0 Å². The first-order chi connectivity index (χ1) is 13.4. The number of carboxylic acids is 3. The third kappa shape index (κ3) is 33.6. The van der Waals surface area contributed by atoms with Gasteiger partial charge in [-0.2, -0.15) is 0 Å². The summed E-state index contributed by atoms with van der Waals surface area (Å²) in [6.07, 6.45) is 7.86. The van der Waals surface area contributed by atoms with Gasteiger partial charge in [0.25, 0.3) is 0 Å². The van der Waals surface area contributed by atoms with E-state index in [9.17, 15) is 14.4 Å². The molecule has 0 rings (SSSR count). The summed E-state index contributed by atoms with van der Waals surface area (Å²) in [6, 6.07) is 0. The predicted molar refractivity (Wildman–Crippen MR) is 119 cm³/mol. The highest BCUT2D eigenvalue weighted by molar-refractivity contribution is 5.79. The minimum absolute atomic E-state index is 0.250. The van der Waals surface area contributed by atoms with E-state index in [0.29, 0.717) is 5.41 Å². The third-order valence-electron chi connectivity index (χ3n) is 4.29. The summed E-state index contributed by atoms with van der Waals surface area (Å²) in [5, 5.41) is 30.4. The number of hydrogen-bond donors (Lipinski definition) is 4. The van der Waals surface area contributed by atoms with Crippen molar-refractivity contribution in [2.24, 2.45) is 11.3 Å². The second-order valence-corrected chi connectivity index (χ2v) is 5.68. The van der Waals surface area contributed by atoms with Crippen molar-refractivity contribution in [3.05, 3.63) is 38.0 Å². The second kappa shape index (κ2) is 27.8. The molecule has 1 atom stereocenters. The van der Waals surface area contributed by atoms with Crippen LogP contribution in [0.1, 0.15) is 67.2 Å². The number of carbonyl (C=O) groups is 3. The molecular formula is C22H42O7. The summed E-state index contributed by atoms with van der Waals surface area (Å²) in [5.74, 6) is -2.05. The molecule has 0 heterocycles. The summed E-state index contributed by atoms with van der Waals surface area (Å²) in [5.41, 5.74) is 0.634. The summed E-state index contributed by atoms with van der Waals surface area (Å²) in [4.78, 5) is 27.8. The van der Waals surface area contributed by atoms with E-state index < -0.39 is 17.9 Å². The van der Waals surface area contributed by atoms with Crippen molar-refractivity contribution >= 4 is 17.9 Å². The van der Waals surface area contributed by atoms with Crippen molar-refractivity contribution in [1.82, 2.24) is 0 Å². The van der Waals surface area contributed by atoms with E-state index in [2.05, 4.69) is 54.4 Å². The molecule has 4 N–H and O–H groups in total. The van der Waals surface area contributed by atoms with Crippen LogP contribution in [0.3, 0.4) is 0 Å². The maximum absolute atomic E-state index is 9.25. The highest BCUT2D eigenvalue weighted by atomic mass is 16.4. The van der Waals surface area contributed by atoms with Crippen molar-refractivity contribution in [1.29, 1.82) is 0 Å². The van der Waals surface area contributed by atoms with Crippen LogP contribution in [0.15, 0.2) is 38.0 Å². The van der Waals surface area contributed by atoms with Crippen LogP contribution in [0.2, 0.25) is 0 Å². The van der Waals surface area contributed by atoms with Gasteiger partial charge in [0, 0.05) is 24.8 Å². The van der Waals surface area contributed by atoms with Gasteiger partial charge in [-0.25, -0.2) is 14.4 Å². The van der Waals surface area contributed by atoms with Crippen molar-refractivity contribution in [3.8, 4) is 0 Å². The smallest absolute Gasteiger partial charge is 0.327 e. The molecule has 0 fully saturated rings. The zero-order valence-electron chi connectivity index (χ0n) is 19.0. The number of aliphatic hydroxyl groups excluding tert-OH is 1. The maximum atomic E-state index is 9.25. The number of hydrogen-bond acceptors (Lipinski definition) is 4. The fraction of sp³-hybridized carbons (Fsp3) is 0.591. The van der Waals surface area contributed by atoms with Crippen LogP contribution in [-0.4, -0.2) is 44.9 Å². The van der Waals surface area contributed by atoms with Crippen molar-refractivity contribution in [2.75, 3.05) is 6.61 Å². The molecule has 0 aliphatic rings. The van der Waals surface area contributed by atoms with E-state index in [1.54, 1.807) is 6.92 Å². The molecule has 0 aromatic heterocycles. The minimum atomic E-state index is -0.981. The van der Waals surface area contributed by atoms with Crippen molar-refractivity contribution in [2.45, 2.75) is 67.2 Å². The fourth-order valence-corrected chi connectivity index (χ4v) is 2.23. The lowest BCUT2D eigenvalue weighted by Gasteiger charge is -2.36. The Kier molecular flexibility index (Phi) is 35.8. The second-order valence-electron chi connectivity index (χ2n) is 5.68. The Morgan fingerprint density at radius 2 is 0.931 bits per heavy atom. The first kappa shape index (κ1) is 37.4. The molecule has 0 saturated carbocycles. The van der Waals surface area contributed by atoms with Crippen molar-refractivity contribution < 1.29 is 34.8 Å². The van der Waals surface area contributed by atoms with E-state index in [4.69, 9.17) is 20.4 Å². The van der Waals surface area contributed by atoms with E-state index in [1.165, 1.54) is 25.7 Å². The van der Waals surface area contributed by atoms with Gasteiger partial charge in [0.15, 0.2) is 0 Å². The summed E-state index contributed by atoms with van der Waals surface area (Å²) in [6.45, 7) is 22.5. The van der Waals surface area contributed by atoms with Crippen LogP contribution in [0.4, 0.5) is 0 Å². The monoisotopic (exact) mass is 418 g/mol. The largest absolute Gasteiger partial charge is 0.478 e. The molecule has 0 amide bonds.